The van der Waals surface area contributed by atoms with Gasteiger partial charge in [-0.05, 0) is 36.4 Å². The number of aliphatic carboxylic acids is 1. The van der Waals surface area contributed by atoms with Crippen molar-refractivity contribution in [1.29, 1.82) is 0 Å². The average Bonchev–Trinajstić information content (AvgIpc) is 3.14. The van der Waals surface area contributed by atoms with Crippen molar-refractivity contribution in [2.45, 2.75) is 12.4 Å². The van der Waals surface area contributed by atoms with Crippen LogP contribution in [0.2, 0.25) is 0 Å². The summed E-state index contributed by atoms with van der Waals surface area (Å²) in [6.07, 6.45) is -8.59. The zero-order valence-electron chi connectivity index (χ0n) is 20.6. The lowest BCUT2D eigenvalue weighted by Crippen LogP contribution is -2.49. The molecule has 2 saturated heterocycles. The van der Waals surface area contributed by atoms with Crippen LogP contribution in [0.3, 0.4) is 0 Å². The molecule has 2 aromatic rings. The Morgan fingerprint density at radius 2 is 1.57 bits per heavy atom. The Hall–Kier alpha value is -3.01. The van der Waals surface area contributed by atoms with Crippen LogP contribution in [0.1, 0.15) is 16.8 Å². The normalized spacial score (nSPS) is 18.6. The molecule has 1 N–H and O–H groups in total. The van der Waals surface area contributed by atoms with Gasteiger partial charge in [-0.15, -0.1) is 0 Å². The molecule has 7 nitrogen and oxygen atoms in total. The van der Waals surface area contributed by atoms with E-state index in [1.165, 1.54) is 29.2 Å². The van der Waals surface area contributed by atoms with Crippen molar-refractivity contribution in [2.24, 2.45) is 0 Å². The van der Waals surface area contributed by atoms with Crippen LogP contribution in [-0.2, 0) is 21.9 Å². The lowest BCUT2D eigenvalue weighted by atomic mass is 10.0. The number of hydrogen-bond donors (Lipinski definition) is 1. The minimum absolute atomic E-state index is 0.0280. The van der Waals surface area contributed by atoms with Gasteiger partial charge in [0.25, 0.3) is 5.91 Å². The second-order valence-electron chi connectivity index (χ2n) is 9.09. The maximum atomic E-state index is 13.3. The minimum atomic E-state index is -4.99. The Labute approximate surface area is 234 Å². The number of hydrogen-bond acceptors (Lipinski definition) is 7. The molecule has 0 spiro atoms. The quantitative estimate of drug-likeness (QED) is 0.277. The first-order valence-electron chi connectivity index (χ1n) is 11.9. The topological polar surface area (TPSA) is 77.0 Å². The molecule has 4 rings (SSSR count). The third-order valence-corrected chi connectivity index (χ3v) is 7.65. The second-order valence-corrected chi connectivity index (χ2v) is 10.8. The van der Waals surface area contributed by atoms with Crippen LogP contribution in [0, 0.1) is 0 Å². The van der Waals surface area contributed by atoms with E-state index in [2.05, 4.69) is 9.88 Å². The van der Waals surface area contributed by atoms with E-state index < -0.39 is 29.4 Å². The van der Waals surface area contributed by atoms with Gasteiger partial charge in [-0.3, -0.25) is 24.3 Å². The molecule has 1 aromatic carbocycles. The van der Waals surface area contributed by atoms with E-state index in [-0.39, 0.29) is 40.4 Å². The van der Waals surface area contributed by atoms with E-state index in [1.807, 2.05) is 4.90 Å². The number of nitrogens with zero attached hydrogens (tertiary/aromatic N) is 4. The molecule has 40 heavy (non-hydrogen) atoms. The highest BCUT2D eigenvalue weighted by molar-refractivity contribution is 8.26. The summed E-state index contributed by atoms with van der Waals surface area (Å²) in [6.45, 7) is 3.25. The van der Waals surface area contributed by atoms with E-state index in [1.54, 1.807) is 0 Å². The number of thiocarbonyl (C=S) groups is 1. The van der Waals surface area contributed by atoms with Gasteiger partial charge in [0.05, 0.1) is 34.0 Å². The van der Waals surface area contributed by atoms with Crippen LogP contribution in [0.25, 0.3) is 17.3 Å². The summed E-state index contributed by atoms with van der Waals surface area (Å²) in [7, 11) is 0. The maximum absolute atomic E-state index is 13.3. The number of rotatable bonds is 7. The number of alkyl halides is 6. The molecule has 0 unspecified atom stereocenters. The van der Waals surface area contributed by atoms with Gasteiger partial charge in [-0.2, -0.15) is 26.3 Å². The predicted molar refractivity (Wildman–Crippen MR) is 140 cm³/mol. The van der Waals surface area contributed by atoms with Gasteiger partial charge in [-0.25, -0.2) is 4.98 Å². The fraction of sp³-hybridized carbons (Fsp3) is 0.360. The summed E-state index contributed by atoms with van der Waals surface area (Å²) >= 11 is 6.37. The van der Waals surface area contributed by atoms with Crippen LogP contribution in [0.4, 0.5) is 26.3 Å². The van der Waals surface area contributed by atoms with Crippen molar-refractivity contribution in [1.82, 2.24) is 19.7 Å². The second kappa shape index (κ2) is 11.8. The molecular weight excluding hydrogens is 582 g/mol. The third-order valence-electron chi connectivity index (χ3n) is 6.27. The largest absolute Gasteiger partial charge is 0.480 e. The lowest BCUT2D eigenvalue weighted by molar-refractivity contribution is -0.143. The van der Waals surface area contributed by atoms with E-state index in [9.17, 15) is 35.9 Å². The summed E-state index contributed by atoms with van der Waals surface area (Å²) in [6, 6.07) is 5.44. The van der Waals surface area contributed by atoms with E-state index >= 15 is 0 Å². The van der Waals surface area contributed by atoms with Crippen LogP contribution >= 0.6 is 24.0 Å². The molecule has 0 atom stereocenters. The summed E-state index contributed by atoms with van der Waals surface area (Å²) in [5.41, 5.74) is -3.22. The number of piperazine rings is 1. The number of carboxylic acid groups (broad SMARTS) is 1. The monoisotopic (exact) mass is 604 g/mol. The van der Waals surface area contributed by atoms with E-state index in [0.717, 1.165) is 11.8 Å². The molecule has 2 fully saturated rings. The molecule has 1 aromatic heterocycles. The molecule has 0 saturated carbocycles. The lowest BCUT2D eigenvalue weighted by Gasteiger charge is -2.34. The summed E-state index contributed by atoms with van der Waals surface area (Å²) in [4.78, 5) is 33.6. The van der Waals surface area contributed by atoms with E-state index in [4.69, 9.17) is 17.3 Å². The Balaban J connectivity index is 1.48. The van der Waals surface area contributed by atoms with Crippen LogP contribution in [-0.4, -0.2) is 86.8 Å². The molecule has 2 aliphatic rings. The number of benzene rings is 1. The Morgan fingerprint density at radius 3 is 2.15 bits per heavy atom. The SMILES string of the molecule is O=C(O)CN1CCN(CCN2C(=O)/C(=C/c3cccc(-c4cc(C(F)(F)F)cc(C(F)(F)F)c4)n3)SC2=S)CC1. The van der Waals surface area contributed by atoms with Gasteiger partial charge in [0.1, 0.15) is 4.32 Å². The van der Waals surface area contributed by atoms with Gasteiger partial charge >= 0.3 is 18.3 Å². The van der Waals surface area contributed by atoms with Crippen molar-refractivity contribution >= 4 is 46.3 Å². The fourth-order valence-corrected chi connectivity index (χ4v) is 5.52. The van der Waals surface area contributed by atoms with Gasteiger partial charge in [0.2, 0.25) is 0 Å². The standard InChI is InChI=1S/C25H22F6N4O3S2/c26-24(27,28)16-10-15(11-17(12-16)25(29,30)31)19-3-1-2-18(32-19)13-20-22(38)35(23(39)40-20)9-8-33-4-6-34(7-5-33)14-21(36)37/h1-3,10-13H,4-9,14H2,(H,36,37)/b20-13-. The van der Waals surface area contributed by atoms with Crippen molar-refractivity contribution in [2.75, 3.05) is 45.8 Å². The highest BCUT2D eigenvalue weighted by Crippen LogP contribution is 2.38. The Bertz CT molecular complexity index is 1310. The number of halogens is 6. The smallest absolute Gasteiger partial charge is 0.416 e. The van der Waals surface area contributed by atoms with Crippen molar-refractivity contribution < 1.29 is 41.0 Å². The third kappa shape index (κ3) is 7.38. The molecule has 214 valence electrons. The highest BCUT2D eigenvalue weighted by Gasteiger charge is 2.37. The maximum Gasteiger partial charge on any atom is 0.416 e. The first-order valence-corrected chi connectivity index (χ1v) is 13.1. The van der Waals surface area contributed by atoms with E-state index in [0.29, 0.717) is 55.7 Å². The zero-order chi connectivity index (χ0) is 29.2. The summed E-state index contributed by atoms with van der Waals surface area (Å²) < 4.78 is 80.0. The number of carboxylic acids is 1. The molecule has 15 heteroatoms. The number of amides is 1. The Kier molecular flexibility index (Phi) is 8.87. The van der Waals surface area contributed by atoms with Crippen molar-refractivity contribution in [3.05, 3.63) is 58.1 Å². The van der Waals surface area contributed by atoms with Crippen molar-refractivity contribution in [3.63, 3.8) is 0 Å². The fourth-order valence-electron chi connectivity index (χ4n) is 4.23. The number of carbonyl (C=O) groups excluding carboxylic acids is 1. The van der Waals surface area contributed by atoms with Gasteiger partial charge in [-0.1, -0.05) is 30.0 Å². The molecule has 0 bridgehead atoms. The Morgan fingerprint density at radius 1 is 0.975 bits per heavy atom. The number of thioether (sulfide) groups is 1. The van der Waals surface area contributed by atoms with Crippen LogP contribution < -0.4 is 0 Å². The number of pyridine rings is 1. The molecule has 1 amide bonds. The van der Waals surface area contributed by atoms with Crippen LogP contribution in [0.15, 0.2) is 41.3 Å². The number of aromatic nitrogens is 1. The predicted octanol–water partition coefficient (Wildman–Crippen LogP) is 4.69. The minimum Gasteiger partial charge on any atom is -0.480 e. The van der Waals surface area contributed by atoms with Gasteiger partial charge < -0.3 is 5.11 Å². The molecule has 0 aliphatic carbocycles. The first kappa shape index (κ1) is 30.0. The zero-order valence-corrected chi connectivity index (χ0v) is 22.3. The van der Waals surface area contributed by atoms with Gasteiger partial charge in [0.15, 0.2) is 0 Å². The van der Waals surface area contributed by atoms with Crippen LogP contribution in [0.5, 0.6) is 0 Å². The average molecular weight is 605 g/mol. The summed E-state index contributed by atoms with van der Waals surface area (Å²) in [5.74, 6) is -1.27. The highest BCUT2D eigenvalue weighted by atomic mass is 32.2. The molecule has 0 radical (unpaired) electrons. The molecule has 2 aliphatic heterocycles. The number of carbonyl (C=O) groups is 2. The van der Waals surface area contributed by atoms with Crippen molar-refractivity contribution in [3.8, 4) is 11.3 Å². The summed E-state index contributed by atoms with van der Waals surface area (Å²) in [5, 5.41) is 8.91. The van der Waals surface area contributed by atoms with Gasteiger partial charge in [0, 0.05) is 44.8 Å². The molecule has 3 heterocycles. The first-order chi connectivity index (χ1) is 18.7. The molecular formula is C25H22F6N4O3S2.